The fourth-order valence-corrected chi connectivity index (χ4v) is 2.21. The molecule has 0 bridgehead atoms. The number of hydrogen-bond acceptors (Lipinski definition) is 4. The van der Waals surface area contributed by atoms with Crippen molar-refractivity contribution in [2.75, 3.05) is 18.8 Å². The van der Waals surface area contributed by atoms with Crippen LogP contribution in [0.2, 0.25) is 0 Å². The summed E-state index contributed by atoms with van der Waals surface area (Å²) in [6.07, 6.45) is 3.09. The zero-order valence-corrected chi connectivity index (χ0v) is 11.5. The second-order valence-corrected chi connectivity index (χ2v) is 5.23. The summed E-state index contributed by atoms with van der Waals surface area (Å²) in [7, 11) is 0. The van der Waals surface area contributed by atoms with Gasteiger partial charge in [0.2, 0.25) is 0 Å². The summed E-state index contributed by atoms with van der Waals surface area (Å²) in [5.74, 6) is 0.253. The summed E-state index contributed by atoms with van der Waals surface area (Å²) in [4.78, 5) is 24.8. The molecule has 0 aromatic heterocycles. The van der Waals surface area contributed by atoms with Gasteiger partial charge in [-0.2, -0.15) is 0 Å². The Bertz CT molecular complexity index is 526. The second kappa shape index (κ2) is 5.90. The molecule has 0 aliphatic heterocycles. The first-order valence-corrected chi connectivity index (χ1v) is 6.86. The predicted octanol–water partition coefficient (Wildman–Crippen LogP) is 2.44. The normalized spacial score (nSPS) is 14.1. The molecule has 20 heavy (non-hydrogen) atoms. The van der Waals surface area contributed by atoms with Crippen molar-refractivity contribution in [3.05, 3.63) is 33.9 Å². The standard InChI is InChI=1S/C14H19N3O3/c1-2-7-16(9-10-3-4-10)14(18)12-8-11(15)5-6-13(12)17(19)20/h5-6,8,10H,2-4,7,9,15H2,1H3. The van der Waals surface area contributed by atoms with E-state index < -0.39 is 4.92 Å². The minimum Gasteiger partial charge on any atom is -0.399 e. The maximum Gasteiger partial charge on any atom is 0.282 e. The van der Waals surface area contributed by atoms with Gasteiger partial charge in [-0.3, -0.25) is 14.9 Å². The predicted molar refractivity (Wildman–Crippen MR) is 76.4 cm³/mol. The van der Waals surface area contributed by atoms with Crippen molar-refractivity contribution < 1.29 is 9.72 Å². The first-order chi connectivity index (χ1) is 9.52. The lowest BCUT2D eigenvalue weighted by Gasteiger charge is -2.22. The van der Waals surface area contributed by atoms with Crippen LogP contribution in [0.1, 0.15) is 36.5 Å². The van der Waals surface area contributed by atoms with Crippen molar-refractivity contribution in [2.24, 2.45) is 5.92 Å². The SMILES string of the molecule is CCCN(CC1CC1)C(=O)c1cc(N)ccc1[N+](=O)[O-]. The molecule has 0 atom stereocenters. The number of carbonyl (C=O) groups excluding carboxylic acids is 1. The Hall–Kier alpha value is -2.11. The van der Waals surface area contributed by atoms with Crippen LogP contribution >= 0.6 is 0 Å². The summed E-state index contributed by atoms with van der Waals surface area (Å²) >= 11 is 0. The van der Waals surface area contributed by atoms with E-state index in [-0.39, 0.29) is 17.2 Å². The molecular weight excluding hydrogens is 258 g/mol. The molecule has 1 aliphatic rings. The molecule has 6 nitrogen and oxygen atoms in total. The van der Waals surface area contributed by atoms with Crippen molar-refractivity contribution in [1.82, 2.24) is 4.90 Å². The van der Waals surface area contributed by atoms with Crippen molar-refractivity contribution in [3.63, 3.8) is 0 Å². The summed E-state index contributed by atoms with van der Waals surface area (Å²) in [5, 5.41) is 11.0. The van der Waals surface area contributed by atoms with Gasteiger partial charge in [-0.05, 0) is 37.3 Å². The molecule has 0 saturated heterocycles. The van der Waals surface area contributed by atoms with Crippen molar-refractivity contribution in [1.29, 1.82) is 0 Å². The van der Waals surface area contributed by atoms with Crippen LogP contribution in [0.25, 0.3) is 0 Å². The molecule has 0 unspecified atom stereocenters. The molecule has 1 saturated carbocycles. The molecule has 1 aromatic carbocycles. The third kappa shape index (κ3) is 3.26. The average molecular weight is 277 g/mol. The van der Waals surface area contributed by atoms with Gasteiger partial charge in [0.25, 0.3) is 11.6 Å². The van der Waals surface area contributed by atoms with Crippen LogP contribution in [-0.2, 0) is 0 Å². The average Bonchev–Trinajstić information content (AvgIpc) is 3.21. The number of amides is 1. The number of nitro benzene ring substituents is 1. The molecule has 1 amide bonds. The highest BCUT2D eigenvalue weighted by Gasteiger charge is 2.29. The third-order valence-electron chi connectivity index (χ3n) is 3.40. The molecule has 2 rings (SSSR count). The van der Waals surface area contributed by atoms with Gasteiger partial charge in [0.1, 0.15) is 5.56 Å². The smallest absolute Gasteiger partial charge is 0.282 e. The van der Waals surface area contributed by atoms with Crippen molar-refractivity contribution >= 4 is 17.3 Å². The zero-order chi connectivity index (χ0) is 14.7. The summed E-state index contributed by atoms with van der Waals surface area (Å²) in [6, 6.07) is 4.14. The Morgan fingerprint density at radius 3 is 2.75 bits per heavy atom. The number of hydrogen-bond donors (Lipinski definition) is 1. The second-order valence-electron chi connectivity index (χ2n) is 5.23. The molecule has 108 valence electrons. The molecule has 1 aromatic rings. The first-order valence-electron chi connectivity index (χ1n) is 6.86. The highest BCUT2D eigenvalue weighted by Crippen LogP contribution is 2.31. The van der Waals surface area contributed by atoms with Gasteiger partial charge in [0, 0.05) is 24.8 Å². The summed E-state index contributed by atoms with van der Waals surface area (Å²) in [6.45, 7) is 3.28. The lowest BCUT2D eigenvalue weighted by molar-refractivity contribution is -0.385. The lowest BCUT2D eigenvalue weighted by Crippen LogP contribution is -2.34. The minimum absolute atomic E-state index is 0.0871. The Labute approximate surface area is 117 Å². The first kappa shape index (κ1) is 14.3. The Kier molecular flexibility index (Phi) is 4.22. The molecule has 0 radical (unpaired) electrons. The van der Waals surface area contributed by atoms with E-state index in [2.05, 4.69) is 0 Å². The fraction of sp³-hybridized carbons (Fsp3) is 0.500. The Balaban J connectivity index is 2.28. The van der Waals surface area contributed by atoms with E-state index in [4.69, 9.17) is 5.73 Å². The molecule has 1 fully saturated rings. The van der Waals surface area contributed by atoms with E-state index in [0.717, 1.165) is 19.3 Å². The highest BCUT2D eigenvalue weighted by atomic mass is 16.6. The number of anilines is 1. The summed E-state index contributed by atoms with van der Waals surface area (Å²) in [5.41, 5.74) is 5.93. The van der Waals surface area contributed by atoms with Crippen LogP contribution in [0.15, 0.2) is 18.2 Å². The van der Waals surface area contributed by atoms with Crippen molar-refractivity contribution in [2.45, 2.75) is 26.2 Å². The van der Waals surface area contributed by atoms with Crippen LogP contribution in [0.4, 0.5) is 11.4 Å². The zero-order valence-electron chi connectivity index (χ0n) is 11.5. The van der Waals surface area contributed by atoms with E-state index >= 15 is 0 Å². The van der Waals surface area contributed by atoms with Gasteiger partial charge >= 0.3 is 0 Å². The largest absolute Gasteiger partial charge is 0.399 e. The van der Waals surface area contributed by atoms with E-state index in [1.165, 1.54) is 18.2 Å². The van der Waals surface area contributed by atoms with Gasteiger partial charge in [-0.25, -0.2) is 0 Å². The molecular formula is C14H19N3O3. The lowest BCUT2D eigenvalue weighted by atomic mass is 10.1. The number of rotatable bonds is 6. The van der Waals surface area contributed by atoms with Crippen LogP contribution in [-0.4, -0.2) is 28.8 Å². The van der Waals surface area contributed by atoms with E-state index in [9.17, 15) is 14.9 Å². The number of carbonyl (C=O) groups is 1. The van der Waals surface area contributed by atoms with Crippen molar-refractivity contribution in [3.8, 4) is 0 Å². The number of nitrogen functional groups attached to an aromatic ring is 1. The summed E-state index contributed by atoms with van der Waals surface area (Å²) < 4.78 is 0. The number of nitro groups is 1. The Morgan fingerprint density at radius 1 is 1.50 bits per heavy atom. The van der Waals surface area contributed by atoms with Gasteiger partial charge < -0.3 is 10.6 Å². The van der Waals surface area contributed by atoms with E-state index in [1.807, 2.05) is 6.92 Å². The van der Waals surface area contributed by atoms with Gasteiger partial charge in [-0.1, -0.05) is 6.92 Å². The fourth-order valence-electron chi connectivity index (χ4n) is 2.21. The number of nitrogens with zero attached hydrogens (tertiary/aromatic N) is 2. The molecule has 0 heterocycles. The molecule has 2 N–H and O–H groups in total. The van der Waals surface area contributed by atoms with Gasteiger partial charge in [-0.15, -0.1) is 0 Å². The molecule has 6 heteroatoms. The minimum atomic E-state index is -0.534. The van der Waals surface area contributed by atoms with Gasteiger partial charge in [0.15, 0.2) is 0 Å². The van der Waals surface area contributed by atoms with E-state index in [0.29, 0.717) is 24.7 Å². The number of benzene rings is 1. The van der Waals surface area contributed by atoms with Crippen LogP contribution in [0.3, 0.4) is 0 Å². The maximum absolute atomic E-state index is 12.5. The monoisotopic (exact) mass is 277 g/mol. The third-order valence-corrected chi connectivity index (χ3v) is 3.40. The molecule has 1 aliphatic carbocycles. The Morgan fingerprint density at radius 2 is 2.20 bits per heavy atom. The highest BCUT2D eigenvalue weighted by molar-refractivity contribution is 5.99. The van der Waals surface area contributed by atoms with Crippen LogP contribution in [0.5, 0.6) is 0 Å². The van der Waals surface area contributed by atoms with Crippen LogP contribution < -0.4 is 5.73 Å². The molecule has 0 spiro atoms. The number of nitrogens with two attached hydrogens (primary N) is 1. The topological polar surface area (TPSA) is 89.5 Å². The van der Waals surface area contributed by atoms with Crippen LogP contribution in [0, 0.1) is 16.0 Å². The van der Waals surface area contributed by atoms with Gasteiger partial charge in [0.05, 0.1) is 4.92 Å². The van der Waals surface area contributed by atoms with E-state index in [1.54, 1.807) is 4.90 Å². The quantitative estimate of drug-likeness (QED) is 0.491. The maximum atomic E-state index is 12.5.